The summed E-state index contributed by atoms with van der Waals surface area (Å²) in [7, 11) is 2.89. The van der Waals surface area contributed by atoms with Crippen LogP contribution in [0.1, 0.15) is 26.2 Å². The van der Waals surface area contributed by atoms with Crippen molar-refractivity contribution < 1.29 is 33.3 Å². The second-order valence-electron chi connectivity index (χ2n) is 7.03. The number of hydrogen-bond acceptors (Lipinski definition) is 7. The number of fused-ring (bicyclic) bond motifs is 3. The van der Waals surface area contributed by atoms with Crippen LogP contribution in [0, 0.1) is 23.2 Å². The molecule has 1 unspecified atom stereocenters. The number of carbonyl (C=O) groups is 2. The first-order valence-electron chi connectivity index (χ1n) is 8.47. The van der Waals surface area contributed by atoms with Crippen LogP contribution in [0.5, 0.6) is 0 Å². The zero-order valence-electron chi connectivity index (χ0n) is 14.5. The summed E-state index contributed by atoms with van der Waals surface area (Å²) in [5.41, 5.74) is -0.469. The molecule has 0 amide bonds. The zero-order chi connectivity index (χ0) is 17.4. The van der Waals surface area contributed by atoms with E-state index in [1.807, 2.05) is 0 Å². The molecular weight excluding hydrogens is 316 g/mol. The van der Waals surface area contributed by atoms with Crippen molar-refractivity contribution >= 4 is 11.8 Å². The largest absolute Gasteiger partial charge is 0.468 e. The van der Waals surface area contributed by atoms with E-state index in [-0.39, 0.29) is 18.5 Å². The molecule has 0 aromatic heterocycles. The van der Waals surface area contributed by atoms with Crippen molar-refractivity contribution in [2.75, 3.05) is 40.8 Å². The van der Waals surface area contributed by atoms with E-state index in [2.05, 4.69) is 6.92 Å². The van der Waals surface area contributed by atoms with Gasteiger partial charge in [0.25, 0.3) is 0 Å². The third kappa shape index (κ3) is 2.58. The van der Waals surface area contributed by atoms with Gasteiger partial charge in [-0.2, -0.15) is 0 Å². The van der Waals surface area contributed by atoms with E-state index >= 15 is 0 Å². The second-order valence-corrected chi connectivity index (χ2v) is 7.03. The Morgan fingerprint density at radius 3 is 2.58 bits per heavy atom. The molecule has 4 atom stereocenters. The van der Waals surface area contributed by atoms with Crippen LogP contribution in [0.2, 0.25) is 0 Å². The third-order valence-electron chi connectivity index (χ3n) is 6.02. The molecule has 7 heteroatoms. The van der Waals surface area contributed by atoms with E-state index in [1.165, 1.54) is 7.11 Å². The molecule has 0 aromatic carbocycles. The molecule has 0 aromatic rings. The molecule has 2 aliphatic carbocycles. The lowest BCUT2D eigenvalue weighted by molar-refractivity contribution is -0.226. The molecule has 1 heterocycles. The highest BCUT2D eigenvalue weighted by molar-refractivity contribution is 6.03. The lowest BCUT2D eigenvalue weighted by atomic mass is 9.61. The van der Waals surface area contributed by atoms with E-state index in [0.717, 1.165) is 0 Å². The summed E-state index contributed by atoms with van der Waals surface area (Å²) < 4.78 is 27.0. The van der Waals surface area contributed by atoms with Gasteiger partial charge < -0.3 is 23.7 Å². The van der Waals surface area contributed by atoms with E-state index in [0.29, 0.717) is 39.1 Å². The number of rotatable bonds is 6. The second kappa shape index (κ2) is 6.71. The molecule has 24 heavy (non-hydrogen) atoms. The van der Waals surface area contributed by atoms with Crippen molar-refractivity contribution in [1.29, 1.82) is 0 Å². The van der Waals surface area contributed by atoms with Crippen molar-refractivity contribution in [2.24, 2.45) is 23.2 Å². The van der Waals surface area contributed by atoms with Crippen molar-refractivity contribution in [1.82, 2.24) is 0 Å². The van der Waals surface area contributed by atoms with Crippen LogP contribution in [0.3, 0.4) is 0 Å². The fourth-order valence-corrected chi connectivity index (χ4v) is 4.87. The average molecular weight is 342 g/mol. The van der Waals surface area contributed by atoms with Crippen LogP contribution in [-0.4, -0.2) is 58.4 Å². The Labute approximate surface area is 141 Å². The van der Waals surface area contributed by atoms with Gasteiger partial charge in [-0.15, -0.1) is 0 Å². The van der Waals surface area contributed by atoms with Crippen LogP contribution in [0.4, 0.5) is 0 Å². The maximum absolute atomic E-state index is 13.1. The Balaban J connectivity index is 1.89. The predicted molar refractivity (Wildman–Crippen MR) is 81.9 cm³/mol. The molecule has 2 saturated carbocycles. The molecular formula is C17H26O7. The summed E-state index contributed by atoms with van der Waals surface area (Å²) >= 11 is 0. The third-order valence-corrected chi connectivity index (χ3v) is 6.02. The first-order chi connectivity index (χ1) is 11.5. The van der Waals surface area contributed by atoms with Crippen LogP contribution in [-0.2, 0) is 33.3 Å². The monoisotopic (exact) mass is 342 g/mol. The fraction of sp³-hybridized carbons (Fsp3) is 0.882. The van der Waals surface area contributed by atoms with Crippen molar-refractivity contribution in [3.8, 4) is 0 Å². The van der Waals surface area contributed by atoms with Crippen LogP contribution < -0.4 is 0 Å². The topological polar surface area (TPSA) is 80.3 Å². The summed E-state index contributed by atoms with van der Waals surface area (Å²) in [5, 5.41) is 0. The van der Waals surface area contributed by atoms with Gasteiger partial charge in [0.05, 0.1) is 32.8 Å². The Kier molecular flexibility index (Phi) is 4.97. The number of carbonyl (C=O) groups excluding carboxylic acids is 2. The van der Waals surface area contributed by atoms with E-state index in [4.69, 9.17) is 23.7 Å². The number of methoxy groups -OCH3 is 2. The van der Waals surface area contributed by atoms with Gasteiger partial charge in [0.1, 0.15) is 12.7 Å². The molecule has 3 fully saturated rings. The highest BCUT2D eigenvalue weighted by Gasteiger charge is 2.69. The minimum absolute atomic E-state index is 0.0774. The molecule has 3 rings (SSSR count). The molecule has 0 radical (unpaired) electrons. The van der Waals surface area contributed by atoms with E-state index in [1.54, 1.807) is 7.11 Å². The SMILES string of the molecule is COCOCC[C@]12C[C@H](C(=O)C1C(=O)OC)C1(C[C@@H]2C)OCCO1. The Morgan fingerprint density at radius 2 is 1.96 bits per heavy atom. The fourth-order valence-electron chi connectivity index (χ4n) is 4.87. The van der Waals surface area contributed by atoms with E-state index in [9.17, 15) is 9.59 Å². The summed E-state index contributed by atoms with van der Waals surface area (Å²) in [6.07, 6.45) is 1.79. The summed E-state index contributed by atoms with van der Waals surface area (Å²) in [6, 6.07) is 0. The number of esters is 1. The van der Waals surface area contributed by atoms with Gasteiger partial charge in [-0.3, -0.25) is 9.59 Å². The summed E-state index contributed by atoms with van der Waals surface area (Å²) in [6.45, 7) is 3.67. The average Bonchev–Trinajstić information content (AvgIpc) is 3.13. The lowest BCUT2D eigenvalue weighted by Gasteiger charge is -2.46. The standard InChI is InChI=1S/C17H26O7/c1-11-8-17(23-6-7-24-17)12-9-16(11,4-5-22-10-20-2)13(14(12)18)15(19)21-3/h11-13H,4-10H2,1-3H3/t11-,12+,13?,16+/m0/s1. The Morgan fingerprint density at radius 1 is 1.25 bits per heavy atom. The lowest BCUT2D eigenvalue weighted by Crippen LogP contribution is -2.49. The molecule has 7 nitrogen and oxygen atoms in total. The van der Waals surface area contributed by atoms with Crippen LogP contribution in [0.25, 0.3) is 0 Å². The van der Waals surface area contributed by atoms with Gasteiger partial charge >= 0.3 is 5.97 Å². The molecule has 1 aliphatic heterocycles. The van der Waals surface area contributed by atoms with Crippen molar-refractivity contribution in [3.63, 3.8) is 0 Å². The highest BCUT2D eigenvalue weighted by Crippen LogP contribution is 2.62. The molecule has 1 spiro atoms. The highest BCUT2D eigenvalue weighted by atomic mass is 16.7. The van der Waals surface area contributed by atoms with Gasteiger partial charge in [0, 0.05) is 13.5 Å². The first kappa shape index (κ1) is 17.8. The van der Waals surface area contributed by atoms with Gasteiger partial charge in [-0.25, -0.2) is 0 Å². The maximum Gasteiger partial charge on any atom is 0.316 e. The van der Waals surface area contributed by atoms with Crippen LogP contribution in [0.15, 0.2) is 0 Å². The maximum atomic E-state index is 13.1. The summed E-state index contributed by atoms with van der Waals surface area (Å²) in [4.78, 5) is 25.5. The Bertz CT molecular complexity index is 499. The van der Waals surface area contributed by atoms with Crippen LogP contribution >= 0.6 is 0 Å². The van der Waals surface area contributed by atoms with Gasteiger partial charge in [-0.05, 0) is 24.2 Å². The molecule has 1 saturated heterocycles. The summed E-state index contributed by atoms with van der Waals surface area (Å²) in [5.74, 6) is -2.55. The molecule has 0 N–H and O–H groups in total. The minimum atomic E-state index is -0.865. The van der Waals surface area contributed by atoms with Crippen molar-refractivity contribution in [2.45, 2.75) is 32.0 Å². The first-order valence-corrected chi connectivity index (χ1v) is 8.47. The minimum Gasteiger partial charge on any atom is -0.468 e. The quantitative estimate of drug-likeness (QED) is 0.310. The van der Waals surface area contributed by atoms with Gasteiger partial charge in [0.2, 0.25) is 0 Å². The Hall–Kier alpha value is -1.02. The number of Topliss-reactive ketones (excluding diaryl/α,β-unsaturated/α-hetero) is 1. The van der Waals surface area contributed by atoms with E-state index < -0.39 is 29.0 Å². The van der Waals surface area contributed by atoms with Gasteiger partial charge in [0.15, 0.2) is 11.6 Å². The molecule has 2 bridgehead atoms. The number of ether oxygens (including phenoxy) is 5. The van der Waals surface area contributed by atoms with Crippen molar-refractivity contribution in [3.05, 3.63) is 0 Å². The zero-order valence-corrected chi connectivity index (χ0v) is 14.5. The number of hydrogen-bond donors (Lipinski definition) is 0. The number of ketones is 1. The molecule has 3 aliphatic rings. The normalized spacial score (nSPS) is 37.1. The van der Waals surface area contributed by atoms with Gasteiger partial charge in [-0.1, -0.05) is 6.92 Å². The smallest absolute Gasteiger partial charge is 0.316 e. The predicted octanol–water partition coefficient (Wildman–Crippen LogP) is 1.14. The molecule has 136 valence electrons.